The van der Waals surface area contributed by atoms with E-state index in [0.717, 1.165) is 17.9 Å². The molecule has 108 valence electrons. The average molecular weight is 275 g/mol. The number of carbonyl (C=O) groups excluding carboxylic acids is 2. The molecule has 1 amide bonds. The second-order valence-corrected chi connectivity index (χ2v) is 5.40. The third-order valence-electron chi connectivity index (χ3n) is 3.54. The first-order chi connectivity index (χ1) is 9.51. The summed E-state index contributed by atoms with van der Waals surface area (Å²) in [5, 5.41) is 0. The van der Waals surface area contributed by atoms with E-state index in [1.807, 2.05) is 24.0 Å². The summed E-state index contributed by atoms with van der Waals surface area (Å²) in [5.41, 5.74) is 1.56. The Labute approximate surface area is 119 Å². The van der Waals surface area contributed by atoms with Gasteiger partial charge in [-0.25, -0.2) is 0 Å². The number of hydrogen-bond donors (Lipinski definition) is 0. The quantitative estimate of drug-likeness (QED) is 0.776. The zero-order chi connectivity index (χ0) is 14.7. The van der Waals surface area contributed by atoms with E-state index in [1.54, 1.807) is 13.0 Å². The van der Waals surface area contributed by atoms with Crippen molar-refractivity contribution in [2.24, 2.45) is 5.92 Å². The SMILES string of the molecule is CCOc1ccc(C(C)=O)cc1CN1CC(C)CC1=O. The number of Topliss-reactive ketones (excluding diaryl/α,β-unsaturated/α-hetero) is 1. The fourth-order valence-electron chi connectivity index (χ4n) is 2.55. The maximum atomic E-state index is 11.9. The molecule has 4 heteroatoms. The lowest BCUT2D eigenvalue weighted by Gasteiger charge is -2.19. The lowest BCUT2D eigenvalue weighted by atomic mass is 10.1. The molecule has 2 rings (SSSR count). The molecule has 4 nitrogen and oxygen atoms in total. The number of ketones is 1. The van der Waals surface area contributed by atoms with Gasteiger partial charge in [0, 0.05) is 30.6 Å². The summed E-state index contributed by atoms with van der Waals surface area (Å²) in [6.45, 7) is 7.40. The zero-order valence-corrected chi connectivity index (χ0v) is 12.3. The van der Waals surface area contributed by atoms with E-state index in [1.165, 1.54) is 0 Å². The van der Waals surface area contributed by atoms with Crippen LogP contribution in [0.4, 0.5) is 0 Å². The first-order valence-corrected chi connectivity index (χ1v) is 7.05. The second-order valence-electron chi connectivity index (χ2n) is 5.40. The molecule has 1 unspecified atom stereocenters. The number of carbonyl (C=O) groups is 2. The van der Waals surface area contributed by atoms with E-state index in [2.05, 4.69) is 6.92 Å². The number of nitrogens with zero attached hydrogens (tertiary/aromatic N) is 1. The number of amides is 1. The molecule has 1 heterocycles. The summed E-state index contributed by atoms with van der Waals surface area (Å²) in [6.07, 6.45) is 0.608. The molecule has 0 radical (unpaired) electrons. The van der Waals surface area contributed by atoms with Gasteiger partial charge in [-0.15, -0.1) is 0 Å². The van der Waals surface area contributed by atoms with Gasteiger partial charge in [0.2, 0.25) is 5.91 Å². The average Bonchev–Trinajstić information content (AvgIpc) is 2.70. The summed E-state index contributed by atoms with van der Waals surface area (Å²) < 4.78 is 5.59. The van der Waals surface area contributed by atoms with Gasteiger partial charge in [0.1, 0.15) is 5.75 Å². The van der Waals surface area contributed by atoms with Crippen LogP contribution in [-0.2, 0) is 11.3 Å². The molecule has 0 spiro atoms. The van der Waals surface area contributed by atoms with Gasteiger partial charge in [-0.3, -0.25) is 9.59 Å². The van der Waals surface area contributed by atoms with Crippen LogP contribution in [0, 0.1) is 5.92 Å². The molecule has 0 aromatic heterocycles. The Bertz CT molecular complexity index is 524. The van der Waals surface area contributed by atoms with Gasteiger partial charge < -0.3 is 9.64 Å². The smallest absolute Gasteiger partial charge is 0.223 e. The van der Waals surface area contributed by atoms with Gasteiger partial charge in [0.25, 0.3) is 0 Å². The van der Waals surface area contributed by atoms with Crippen molar-refractivity contribution in [3.05, 3.63) is 29.3 Å². The Morgan fingerprint density at radius 3 is 2.75 bits per heavy atom. The van der Waals surface area contributed by atoms with Gasteiger partial charge in [0.15, 0.2) is 5.78 Å². The van der Waals surface area contributed by atoms with Crippen molar-refractivity contribution < 1.29 is 14.3 Å². The second kappa shape index (κ2) is 6.07. The molecular formula is C16H21NO3. The van der Waals surface area contributed by atoms with Crippen molar-refractivity contribution in [1.29, 1.82) is 0 Å². The molecule has 0 bridgehead atoms. The minimum atomic E-state index is 0.0235. The summed E-state index contributed by atoms with van der Waals surface area (Å²) in [7, 11) is 0. The predicted octanol–water partition coefficient (Wildman–Crippen LogP) is 2.66. The van der Waals surface area contributed by atoms with Crippen molar-refractivity contribution in [2.45, 2.75) is 33.7 Å². The van der Waals surface area contributed by atoms with E-state index < -0.39 is 0 Å². The Hall–Kier alpha value is -1.84. The van der Waals surface area contributed by atoms with Crippen LogP contribution >= 0.6 is 0 Å². The molecule has 0 aliphatic carbocycles. The van der Waals surface area contributed by atoms with Crippen LogP contribution in [0.25, 0.3) is 0 Å². The van der Waals surface area contributed by atoms with Gasteiger partial charge >= 0.3 is 0 Å². The molecule has 1 aromatic carbocycles. The summed E-state index contributed by atoms with van der Waals surface area (Å²) in [5.74, 6) is 1.35. The number of likely N-dealkylation sites (tertiary alicyclic amines) is 1. The number of rotatable bonds is 5. The van der Waals surface area contributed by atoms with Gasteiger partial charge in [-0.05, 0) is 38.0 Å². The minimum Gasteiger partial charge on any atom is -0.494 e. The van der Waals surface area contributed by atoms with Crippen LogP contribution in [0.3, 0.4) is 0 Å². The van der Waals surface area contributed by atoms with Gasteiger partial charge in [-0.1, -0.05) is 6.92 Å². The van der Waals surface area contributed by atoms with E-state index in [0.29, 0.717) is 31.1 Å². The van der Waals surface area contributed by atoms with Crippen LogP contribution in [0.2, 0.25) is 0 Å². The maximum absolute atomic E-state index is 11.9. The highest BCUT2D eigenvalue weighted by atomic mass is 16.5. The molecule has 1 aliphatic rings. The first kappa shape index (κ1) is 14.6. The molecule has 1 atom stereocenters. The highest BCUT2D eigenvalue weighted by Gasteiger charge is 2.27. The molecule has 1 aliphatic heterocycles. The van der Waals surface area contributed by atoms with E-state index >= 15 is 0 Å². The highest BCUT2D eigenvalue weighted by molar-refractivity contribution is 5.94. The van der Waals surface area contributed by atoms with Crippen LogP contribution in [0.15, 0.2) is 18.2 Å². The predicted molar refractivity (Wildman–Crippen MR) is 76.8 cm³/mol. The third kappa shape index (κ3) is 3.18. The summed E-state index contributed by atoms with van der Waals surface area (Å²) in [4.78, 5) is 25.2. The molecule has 0 saturated carbocycles. The lowest BCUT2D eigenvalue weighted by molar-refractivity contribution is -0.128. The van der Waals surface area contributed by atoms with Crippen molar-refractivity contribution in [3.8, 4) is 5.75 Å². The number of ether oxygens (including phenoxy) is 1. The van der Waals surface area contributed by atoms with Crippen LogP contribution in [0.5, 0.6) is 5.75 Å². The van der Waals surface area contributed by atoms with Crippen molar-refractivity contribution in [2.75, 3.05) is 13.2 Å². The minimum absolute atomic E-state index is 0.0235. The standard InChI is InChI=1S/C16H21NO3/c1-4-20-15-6-5-13(12(3)18)8-14(15)10-17-9-11(2)7-16(17)19/h5-6,8,11H,4,7,9-10H2,1-3H3. The van der Waals surface area contributed by atoms with E-state index in [9.17, 15) is 9.59 Å². The molecule has 0 N–H and O–H groups in total. The topological polar surface area (TPSA) is 46.6 Å². The molecule has 1 saturated heterocycles. The van der Waals surface area contributed by atoms with Crippen molar-refractivity contribution in [3.63, 3.8) is 0 Å². The first-order valence-electron chi connectivity index (χ1n) is 7.05. The maximum Gasteiger partial charge on any atom is 0.223 e. The normalized spacial score (nSPS) is 18.4. The Kier molecular flexibility index (Phi) is 4.42. The molecular weight excluding hydrogens is 254 g/mol. The van der Waals surface area contributed by atoms with Crippen molar-refractivity contribution in [1.82, 2.24) is 4.90 Å². The number of benzene rings is 1. The number of hydrogen-bond acceptors (Lipinski definition) is 3. The third-order valence-corrected chi connectivity index (χ3v) is 3.54. The van der Waals surface area contributed by atoms with Crippen molar-refractivity contribution >= 4 is 11.7 Å². The van der Waals surface area contributed by atoms with Gasteiger partial charge in [0.05, 0.1) is 6.61 Å². The van der Waals surface area contributed by atoms with Gasteiger partial charge in [-0.2, -0.15) is 0 Å². The highest BCUT2D eigenvalue weighted by Crippen LogP contribution is 2.26. The van der Waals surface area contributed by atoms with Crippen LogP contribution in [-0.4, -0.2) is 29.7 Å². The largest absolute Gasteiger partial charge is 0.494 e. The van der Waals surface area contributed by atoms with E-state index in [-0.39, 0.29) is 11.7 Å². The van der Waals surface area contributed by atoms with Crippen LogP contribution in [0.1, 0.15) is 43.1 Å². The molecule has 20 heavy (non-hydrogen) atoms. The summed E-state index contributed by atoms with van der Waals surface area (Å²) >= 11 is 0. The summed E-state index contributed by atoms with van der Waals surface area (Å²) in [6, 6.07) is 5.42. The van der Waals surface area contributed by atoms with E-state index in [4.69, 9.17) is 4.74 Å². The van der Waals surface area contributed by atoms with Crippen LogP contribution < -0.4 is 4.74 Å². The molecule has 1 fully saturated rings. The molecule has 1 aromatic rings. The lowest BCUT2D eigenvalue weighted by Crippen LogP contribution is -2.24. The Balaban J connectivity index is 2.25. The Morgan fingerprint density at radius 2 is 2.20 bits per heavy atom. The zero-order valence-electron chi connectivity index (χ0n) is 12.3. The Morgan fingerprint density at radius 1 is 1.45 bits per heavy atom. The fraction of sp³-hybridized carbons (Fsp3) is 0.500. The monoisotopic (exact) mass is 275 g/mol. The fourth-order valence-corrected chi connectivity index (χ4v) is 2.55.